The number of para-hydroxylation sites is 3. The molecule has 0 fully saturated rings. The van der Waals surface area contributed by atoms with E-state index < -0.39 is 0 Å². The maximum absolute atomic E-state index is 2.42. The first-order valence-corrected chi connectivity index (χ1v) is 20.2. The average molecular weight is 717 g/mol. The van der Waals surface area contributed by atoms with Crippen molar-refractivity contribution >= 4 is 34.1 Å². The molecule has 2 heteroatoms. The van der Waals surface area contributed by atoms with Gasteiger partial charge in [-0.15, -0.1) is 0 Å². The molecule has 7 aromatic rings. The fourth-order valence-electron chi connectivity index (χ4n) is 9.03. The molecule has 274 valence electrons. The molecular weight excluding hydrogens is 665 g/mol. The smallest absolute Gasteiger partial charge is 0.0465 e. The molecule has 0 bridgehead atoms. The van der Waals surface area contributed by atoms with E-state index in [1.807, 2.05) is 0 Å². The van der Waals surface area contributed by atoms with Gasteiger partial charge >= 0.3 is 0 Å². The highest BCUT2D eigenvalue weighted by Gasteiger charge is 2.36. The van der Waals surface area contributed by atoms with Crippen LogP contribution in [-0.4, -0.2) is 0 Å². The van der Waals surface area contributed by atoms with Crippen molar-refractivity contribution in [2.45, 2.75) is 70.6 Å². The molecule has 0 saturated heterocycles. The van der Waals surface area contributed by atoms with Crippen LogP contribution in [0.4, 0.5) is 34.1 Å². The van der Waals surface area contributed by atoms with Gasteiger partial charge in [-0.05, 0) is 119 Å². The molecule has 55 heavy (non-hydrogen) atoms. The second-order valence-corrected chi connectivity index (χ2v) is 15.6. The Kier molecular flexibility index (Phi) is 10.2. The van der Waals surface area contributed by atoms with Crippen LogP contribution in [0.3, 0.4) is 0 Å². The fourth-order valence-corrected chi connectivity index (χ4v) is 9.03. The van der Waals surface area contributed by atoms with Gasteiger partial charge in [-0.3, -0.25) is 0 Å². The predicted molar refractivity (Wildman–Crippen MR) is 235 cm³/mol. The number of unbranched alkanes of at least 4 members (excludes halogenated alkanes) is 2. The van der Waals surface area contributed by atoms with Crippen LogP contribution in [0.5, 0.6) is 0 Å². The standard InChI is InChI=1S/C53H52N2/c1-5-7-19-38-53(6-2,40-28-32-45(33-29-40)54(42-20-11-8-12-21-42)43-22-13-9-14-23-43)41-30-34-46(35-31-41)55(44-24-15-10-16-25-44)47-36-37-49-48-26-17-18-27-50(48)52(3,4)51(49)39-47/h8-18,20-37,39H,5-7,19,38H2,1-4H3. The van der Waals surface area contributed by atoms with Gasteiger partial charge in [0.15, 0.2) is 0 Å². The van der Waals surface area contributed by atoms with E-state index in [-0.39, 0.29) is 10.8 Å². The summed E-state index contributed by atoms with van der Waals surface area (Å²) in [6.45, 7) is 9.39. The summed E-state index contributed by atoms with van der Waals surface area (Å²) in [6.07, 6.45) is 5.76. The van der Waals surface area contributed by atoms with Gasteiger partial charge in [0, 0.05) is 45.0 Å². The number of benzene rings is 7. The van der Waals surface area contributed by atoms with Crippen molar-refractivity contribution in [3.05, 3.63) is 204 Å². The number of hydrogen-bond acceptors (Lipinski definition) is 2. The molecule has 1 atom stereocenters. The summed E-state index contributed by atoms with van der Waals surface area (Å²) in [5, 5.41) is 0. The van der Waals surface area contributed by atoms with Crippen LogP contribution < -0.4 is 9.80 Å². The summed E-state index contributed by atoms with van der Waals surface area (Å²) in [5.74, 6) is 0. The highest BCUT2D eigenvalue weighted by Crippen LogP contribution is 2.51. The molecule has 0 radical (unpaired) electrons. The Balaban J connectivity index is 1.18. The van der Waals surface area contributed by atoms with E-state index in [4.69, 9.17) is 0 Å². The van der Waals surface area contributed by atoms with E-state index in [0.717, 1.165) is 35.6 Å². The molecule has 8 rings (SSSR count). The van der Waals surface area contributed by atoms with Crippen molar-refractivity contribution < 1.29 is 0 Å². The maximum Gasteiger partial charge on any atom is 0.0465 e. The molecule has 0 saturated carbocycles. The lowest BCUT2D eigenvalue weighted by molar-refractivity contribution is 0.431. The summed E-state index contributed by atoms with van der Waals surface area (Å²) in [4.78, 5) is 4.77. The normalized spacial score (nSPS) is 13.7. The van der Waals surface area contributed by atoms with Gasteiger partial charge in [0.2, 0.25) is 0 Å². The van der Waals surface area contributed by atoms with E-state index >= 15 is 0 Å². The molecule has 1 unspecified atom stereocenters. The third-order valence-electron chi connectivity index (χ3n) is 12.0. The minimum atomic E-state index is -0.0997. The number of rotatable bonds is 13. The van der Waals surface area contributed by atoms with E-state index in [0.29, 0.717) is 0 Å². The van der Waals surface area contributed by atoms with Gasteiger partial charge in [0.25, 0.3) is 0 Å². The largest absolute Gasteiger partial charge is 0.311 e. The van der Waals surface area contributed by atoms with E-state index in [1.165, 1.54) is 64.0 Å². The van der Waals surface area contributed by atoms with E-state index in [2.05, 4.69) is 219 Å². The Morgan fingerprint density at radius 2 is 0.836 bits per heavy atom. The number of hydrogen-bond donors (Lipinski definition) is 0. The van der Waals surface area contributed by atoms with Gasteiger partial charge < -0.3 is 9.80 Å². The zero-order valence-corrected chi connectivity index (χ0v) is 32.8. The SMILES string of the molecule is CCCCCC(CC)(c1ccc(N(c2ccccc2)c2ccccc2)cc1)c1ccc(N(c2ccccc2)c2ccc3c(c2)C(C)(C)c2ccccc2-3)cc1. The molecule has 0 spiro atoms. The van der Waals surface area contributed by atoms with E-state index in [1.54, 1.807) is 0 Å². The first-order valence-electron chi connectivity index (χ1n) is 20.2. The van der Waals surface area contributed by atoms with Crippen LogP contribution in [0.2, 0.25) is 0 Å². The second-order valence-electron chi connectivity index (χ2n) is 15.6. The van der Waals surface area contributed by atoms with Crippen LogP contribution in [0, 0.1) is 0 Å². The average Bonchev–Trinajstić information content (AvgIpc) is 3.47. The molecule has 2 nitrogen and oxygen atoms in total. The Hall–Kier alpha value is -5.86. The number of fused-ring (bicyclic) bond motifs is 3. The van der Waals surface area contributed by atoms with Crippen LogP contribution in [0.1, 0.15) is 82.1 Å². The zero-order valence-electron chi connectivity index (χ0n) is 32.8. The zero-order chi connectivity index (χ0) is 37.8. The third-order valence-corrected chi connectivity index (χ3v) is 12.0. The Labute approximate surface area is 328 Å². The third kappa shape index (κ3) is 6.76. The lowest BCUT2D eigenvalue weighted by Gasteiger charge is -2.36. The number of anilines is 6. The van der Waals surface area contributed by atoms with Crippen molar-refractivity contribution in [2.75, 3.05) is 9.80 Å². The van der Waals surface area contributed by atoms with Crippen LogP contribution in [0.15, 0.2) is 182 Å². The van der Waals surface area contributed by atoms with Crippen molar-refractivity contribution in [2.24, 2.45) is 0 Å². The molecule has 7 aromatic carbocycles. The Morgan fingerprint density at radius 1 is 0.418 bits per heavy atom. The minimum absolute atomic E-state index is 0.0673. The van der Waals surface area contributed by atoms with Gasteiger partial charge in [-0.1, -0.05) is 156 Å². The molecule has 0 amide bonds. The summed E-state index contributed by atoms with van der Waals surface area (Å²) in [5.41, 5.74) is 15.0. The molecule has 0 aliphatic heterocycles. The fraction of sp³-hybridized carbons (Fsp3) is 0.208. The molecule has 0 heterocycles. The molecule has 0 aromatic heterocycles. The maximum atomic E-state index is 2.42. The minimum Gasteiger partial charge on any atom is -0.311 e. The van der Waals surface area contributed by atoms with Gasteiger partial charge in [-0.2, -0.15) is 0 Å². The molecule has 1 aliphatic rings. The second kappa shape index (κ2) is 15.5. The van der Waals surface area contributed by atoms with Crippen molar-refractivity contribution in [1.82, 2.24) is 0 Å². The van der Waals surface area contributed by atoms with Gasteiger partial charge in [0.1, 0.15) is 0 Å². The first-order chi connectivity index (χ1) is 26.9. The predicted octanol–water partition coefficient (Wildman–Crippen LogP) is 15.2. The van der Waals surface area contributed by atoms with Crippen molar-refractivity contribution in [3.63, 3.8) is 0 Å². The molecule has 0 N–H and O–H groups in total. The van der Waals surface area contributed by atoms with Crippen LogP contribution in [0.25, 0.3) is 11.1 Å². The lowest BCUT2D eigenvalue weighted by atomic mass is 9.69. The van der Waals surface area contributed by atoms with Gasteiger partial charge in [0.05, 0.1) is 0 Å². The topological polar surface area (TPSA) is 6.48 Å². The molecule has 1 aliphatic carbocycles. The Bertz CT molecular complexity index is 2290. The summed E-state index contributed by atoms with van der Waals surface area (Å²) < 4.78 is 0. The summed E-state index contributed by atoms with van der Waals surface area (Å²) in [6, 6.07) is 67.0. The highest BCUT2D eigenvalue weighted by molar-refractivity contribution is 5.85. The van der Waals surface area contributed by atoms with Crippen LogP contribution in [-0.2, 0) is 10.8 Å². The summed E-state index contributed by atoms with van der Waals surface area (Å²) in [7, 11) is 0. The monoisotopic (exact) mass is 716 g/mol. The van der Waals surface area contributed by atoms with Crippen molar-refractivity contribution in [3.8, 4) is 11.1 Å². The number of nitrogens with zero attached hydrogens (tertiary/aromatic N) is 2. The first kappa shape index (κ1) is 36.1. The van der Waals surface area contributed by atoms with Gasteiger partial charge in [-0.25, -0.2) is 0 Å². The molecular formula is C53H52N2. The van der Waals surface area contributed by atoms with Crippen molar-refractivity contribution in [1.29, 1.82) is 0 Å². The highest BCUT2D eigenvalue weighted by atomic mass is 15.1. The Morgan fingerprint density at radius 3 is 1.33 bits per heavy atom. The quantitative estimate of drug-likeness (QED) is 0.110. The lowest BCUT2D eigenvalue weighted by Crippen LogP contribution is -2.27. The van der Waals surface area contributed by atoms with E-state index in [9.17, 15) is 0 Å². The summed E-state index contributed by atoms with van der Waals surface area (Å²) >= 11 is 0. The van der Waals surface area contributed by atoms with Crippen LogP contribution >= 0.6 is 0 Å².